The van der Waals surface area contributed by atoms with Gasteiger partial charge in [0.1, 0.15) is 78.0 Å². The Morgan fingerprint density at radius 2 is 0.955 bits per heavy atom. The second kappa shape index (κ2) is 50.4. The van der Waals surface area contributed by atoms with Crippen LogP contribution in [-0.4, -0.2) is 286 Å². The van der Waals surface area contributed by atoms with Crippen LogP contribution in [0.3, 0.4) is 0 Å². The van der Waals surface area contributed by atoms with Crippen LogP contribution in [0.15, 0.2) is 158 Å². The monoisotopic (exact) mass is 1850 g/mol. The molecule has 7 aromatic rings. The van der Waals surface area contributed by atoms with E-state index in [1.165, 1.54) is 98.0 Å². The fourth-order valence-corrected chi connectivity index (χ4v) is 16.2. The molecule has 1 fully saturated rings. The Labute approximate surface area is 776 Å². The first-order chi connectivity index (χ1) is 63.3. The second-order valence-electron chi connectivity index (χ2n) is 33.8. The van der Waals surface area contributed by atoms with Crippen molar-refractivity contribution in [1.29, 1.82) is 0 Å². The minimum Gasteiger partial charge on any atom is -0.508 e. The zero-order valence-electron chi connectivity index (χ0n) is 76.7. The van der Waals surface area contributed by atoms with Gasteiger partial charge in [-0.25, -0.2) is 0 Å². The normalized spacial score (nSPS) is 21.6. The van der Waals surface area contributed by atoms with E-state index in [2.05, 4.69) is 52.8 Å². The molecular formula is C95H122N16O21S. The fourth-order valence-electron chi connectivity index (χ4n) is 15.3. The average Bonchev–Trinajstić information content (AvgIpc) is 1.64. The van der Waals surface area contributed by atoms with Crippen molar-refractivity contribution in [1.82, 2.24) is 77.3 Å². The molecule has 1 aliphatic rings. The van der Waals surface area contributed by atoms with Crippen molar-refractivity contribution < 1.29 is 102 Å². The van der Waals surface area contributed by atoms with E-state index in [0.29, 0.717) is 62.9 Å². The number of H-pyrrole nitrogens is 1. The van der Waals surface area contributed by atoms with Crippen LogP contribution in [0.25, 0.3) is 10.9 Å². The maximum absolute atomic E-state index is 15.6. The number of nitrogens with one attached hydrogen (secondary N) is 10. The predicted octanol–water partition coefficient (Wildman–Crippen LogP) is 2.34. The molecule has 2 heterocycles. The minimum absolute atomic E-state index is 0.00738. The van der Waals surface area contributed by atoms with Gasteiger partial charge in [-0.1, -0.05) is 157 Å². The first kappa shape index (κ1) is 104. The lowest BCUT2D eigenvalue weighted by molar-refractivity contribution is -0.151. The topological polar surface area (TPSA) is 519 Å². The number of rotatable bonds is 25. The molecule has 0 saturated carbocycles. The number of nitrogens with zero attached hydrogens (tertiary/aromatic N) is 5. The molecule has 11 atom stereocenters. The Bertz CT molecular complexity index is 5240. The average molecular weight is 1860 g/mol. The number of likely N-dealkylation sites (N-methyl/N-ethyl adjacent to an activating group) is 5. The number of phenols is 2. The zero-order valence-corrected chi connectivity index (χ0v) is 77.6. The number of thioether (sulfide) groups is 1. The van der Waals surface area contributed by atoms with Crippen molar-refractivity contribution in [2.75, 3.05) is 80.6 Å². The summed E-state index contributed by atoms with van der Waals surface area (Å²) < 4.78 is 11.1. The van der Waals surface area contributed by atoms with E-state index in [-0.39, 0.29) is 74.5 Å². The molecule has 15 N–H and O–H groups in total. The van der Waals surface area contributed by atoms with E-state index < -0.39 is 205 Å². The lowest BCUT2D eigenvalue weighted by Gasteiger charge is -2.37. The zero-order chi connectivity index (χ0) is 97.4. The van der Waals surface area contributed by atoms with Gasteiger partial charge in [0, 0.05) is 96.6 Å². The molecule has 0 unspecified atom stereocenters. The fraction of sp³-hybridized carbons (Fsp3) is 0.432. The molecule has 6 aromatic carbocycles. The highest BCUT2D eigenvalue weighted by molar-refractivity contribution is 8.00. The van der Waals surface area contributed by atoms with Crippen LogP contribution in [0.4, 0.5) is 0 Å². The number of para-hydroxylation sites is 1. The number of carboxylic acids is 1. The third-order valence-electron chi connectivity index (χ3n) is 22.7. The van der Waals surface area contributed by atoms with E-state index in [9.17, 15) is 48.9 Å². The van der Waals surface area contributed by atoms with E-state index >= 15 is 43.2 Å². The number of fused-ring (bicyclic) bond motifs is 1. The number of primary amides is 1. The highest BCUT2D eigenvalue weighted by Crippen LogP contribution is 2.30. The smallest absolute Gasteiger partial charge is 0.305 e. The Morgan fingerprint density at radius 1 is 0.481 bits per heavy atom. The maximum atomic E-state index is 15.6. The Balaban J connectivity index is 1.23. The molecule has 1 aliphatic heterocycles. The van der Waals surface area contributed by atoms with Crippen LogP contribution in [0.2, 0.25) is 0 Å². The van der Waals surface area contributed by atoms with E-state index in [1.807, 2.05) is 6.92 Å². The lowest BCUT2D eigenvalue weighted by atomic mass is 9.98. The van der Waals surface area contributed by atoms with Gasteiger partial charge in [0.15, 0.2) is 11.5 Å². The number of hydrogen-bond acceptors (Lipinski definition) is 21. The standard InChI is InChI=1S/C95H122N16O21S/c1-13-14-29-74-93(128)108(7)52-81(116)100-70(48-83(118)119)89(124)106-84(56(4)5)95(130)110(9)75(44-57-23-17-15-18-24-57)90(125)104-71(42-60-32-37-64(113)38-33-60)91(126)107(6)51-80(115)99-69(47-62-49-97-66-28-22-21-27-65(62)66)88(123)103-68(41-59-30-35-63(112)36-31-59)87(122)102-67(40-55(2)3)86(121)105-73(85(120)98-50-79(96)114)53-133-54-82(117)101-72(43-61-34-39-77(131-11)78(46-61)132-12)92(127)111(10)76(94(129)109(74)8)45-58-25-19-16-20-26-58/h15-28,30-39,46,49,55-56,67-76,84,97,112-113H,13-14,29,40-45,47-48,50-54H2,1-12H3,(H2,96,114)(H,98,120)(H,99,115)(H,100,116)(H,101,117)(H,102,122)(H,103,123)(H,104,125)(H,105,121)(H,106,124)(H,118,119)/t67-,68-,69-,70-,71-,72-,73-,74-,75-,76-,84-/m0/s1. The number of benzene rings is 6. The highest BCUT2D eigenvalue weighted by Gasteiger charge is 2.42. The maximum Gasteiger partial charge on any atom is 0.305 e. The number of hydrogen-bond donors (Lipinski definition) is 14. The number of amides is 15. The summed E-state index contributed by atoms with van der Waals surface area (Å²) in [5.41, 5.74) is 8.92. The summed E-state index contributed by atoms with van der Waals surface area (Å²) in [6, 6.07) is 23.0. The van der Waals surface area contributed by atoms with Gasteiger partial charge in [0.2, 0.25) is 88.6 Å². The van der Waals surface area contributed by atoms with Crippen molar-refractivity contribution in [2.45, 2.75) is 172 Å². The number of carbonyl (C=O) groups excluding carboxylic acids is 15. The number of aliphatic carboxylic acids is 1. The van der Waals surface area contributed by atoms with Gasteiger partial charge in [-0.2, -0.15) is 0 Å². The first-order valence-electron chi connectivity index (χ1n) is 43.7. The molecule has 714 valence electrons. The van der Waals surface area contributed by atoms with Gasteiger partial charge in [-0.05, 0) is 101 Å². The number of aromatic hydroxyl groups is 2. The van der Waals surface area contributed by atoms with Crippen molar-refractivity contribution in [3.63, 3.8) is 0 Å². The highest BCUT2D eigenvalue weighted by atomic mass is 32.2. The van der Waals surface area contributed by atoms with Crippen molar-refractivity contribution in [3.8, 4) is 23.0 Å². The molecular weight excluding hydrogens is 1730 g/mol. The molecule has 0 radical (unpaired) electrons. The van der Waals surface area contributed by atoms with Gasteiger partial charge in [-0.15, -0.1) is 11.8 Å². The molecule has 37 nitrogen and oxygen atoms in total. The summed E-state index contributed by atoms with van der Waals surface area (Å²) >= 11 is 0.803. The Kier molecular flexibility index (Phi) is 39.5. The number of unbranched alkanes of at least 4 members (excludes halogenated alkanes) is 1. The van der Waals surface area contributed by atoms with Gasteiger partial charge in [0.25, 0.3) is 0 Å². The van der Waals surface area contributed by atoms with Gasteiger partial charge < -0.3 is 108 Å². The van der Waals surface area contributed by atoms with Crippen LogP contribution in [0, 0.1) is 11.8 Å². The van der Waals surface area contributed by atoms with Crippen LogP contribution >= 0.6 is 11.8 Å². The molecule has 15 amide bonds. The van der Waals surface area contributed by atoms with Crippen LogP contribution < -0.4 is 63.1 Å². The lowest BCUT2D eigenvalue weighted by Crippen LogP contribution is -2.61. The van der Waals surface area contributed by atoms with Crippen molar-refractivity contribution in [3.05, 3.63) is 191 Å². The largest absolute Gasteiger partial charge is 0.508 e. The number of carbonyl (C=O) groups is 16. The summed E-state index contributed by atoms with van der Waals surface area (Å²) in [4.78, 5) is 244. The van der Waals surface area contributed by atoms with Crippen LogP contribution in [0.5, 0.6) is 23.0 Å². The first-order valence-corrected chi connectivity index (χ1v) is 44.9. The SMILES string of the molecule is CCCC[C@H]1C(=O)N(C)CC(=O)N[C@@H](CC(=O)O)C(=O)N[C@@H](C(C)C)C(=O)N(C)[C@@H](Cc2ccccc2)C(=O)N[C@@H](Cc2ccc(O)cc2)C(=O)N(C)CC(=O)N[C@@H](Cc2c[nH]c3ccccc23)C(=O)N[C@@H](Cc2ccc(O)cc2)C(=O)N[C@@H](CC(C)C)C(=O)N[C@H](C(=O)NCC(N)=O)CSCC(=O)N[C@@H](Cc2ccc(OC)c(OC)c2)C(=O)N(C)[C@@H](Cc2ccccc2)C(=O)N1C. The van der Waals surface area contributed by atoms with Gasteiger partial charge in [-0.3, -0.25) is 76.7 Å². The summed E-state index contributed by atoms with van der Waals surface area (Å²) in [5, 5.41) is 55.6. The van der Waals surface area contributed by atoms with Gasteiger partial charge in [0.05, 0.1) is 46.0 Å². The molecule has 0 spiro atoms. The number of aromatic nitrogens is 1. The third-order valence-corrected chi connectivity index (χ3v) is 23.7. The summed E-state index contributed by atoms with van der Waals surface area (Å²) in [7, 11) is 9.29. The Hall–Kier alpha value is -14.1. The van der Waals surface area contributed by atoms with Crippen LogP contribution in [-0.2, 0) is 115 Å². The quantitative estimate of drug-likeness (QED) is 0.0390. The van der Waals surface area contributed by atoms with E-state index in [4.69, 9.17) is 15.2 Å². The molecule has 8 rings (SSSR count). The Morgan fingerprint density at radius 3 is 1.52 bits per heavy atom. The molecule has 1 saturated heterocycles. The number of nitrogens with two attached hydrogens (primary N) is 1. The molecule has 133 heavy (non-hydrogen) atoms. The third kappa shape index (κ3) is 31.1. The summed E-state index contributed by atoms with van der Waals surface area (Å²) in [6.07, 6.45) is -0.190. The summed E-state index contributed by atoms with van der Waals surface area (Å²) in [6.45, 7) is 6.10. The van der Waals surface area contributed by atoms with E-state index in [1.54, 1.807) is 137 Å². The molecule has 0 aliphatic carbocycles. The summed E-state index contributed by atoms with van der Waals surface area (Å²) in [5.74, 6) is -17.3. The number of aromatic amines is 1. The second-order valence-corrected chi connectivity index (χ2v) is 34.8. The number of methoxy groups -OCH3 is 2. The number of ether oxygens (including phenoxy) is 2. The van der Waals surface area contributed by atoms with Crippen molar-refractivity contribution >= 4 is 117 Å². The van der Waals surface area contributed by atoms with E-state index in [0.717, 1.165) is 36.3 Å². The number of phenolic OH excluding ortho intramolecular Hbond substituents is 2. The molecule has 38 heteroatoms. The molecule has 0 bridgehead atoms. The predicted molar refractivity (Wildman–Crippen MR) is 495 cm³/mol. The minimum atomic E-state index is -1.92. The number of carboxylic acid groups (broad SMARTS) is 1. The van der Waals surface area contributed by atoms with Crippen molar-refractivity contribution in [2.24, 2.45) is 17.6 Å². The van der Waals surface area contributed by atoms with Gasteiger partial charge >= 0.3 is 5.97 Å². The van der Waals surface area contributed by atoms with Crippen LogP contribution in [0.1, 0.15) is 100 Å². The molecule has 1 aromatic heterocycles.